The Kier molecular flexibility index (Phi) is 15.8. The zero-order chi connectivity index (χ0) is 18.3. The van der Waals surface area contributed by atoms with Gasteiger partial charge in [0.25, 0.3) is 5.91 Å². The van der Waals surface area contributed by atoms with Crippen LogP contribution < -0.4 is 16.0 Å². The SMILES string of the molecule is CCOCCCCNC(=NC)NCCCNC(=O)c1cccc(Br)c1.I. The van der Waals surface area contributed by atoms with Gasteiger partial charge in [0.2, 0.25) is 0 Å². The van der Waals surface area contributed by atoms with Crippen molar-refractivity contribution in [2.45, 2.75) is 26.2 Å². The summed E-state index contributed by atoms with van der Waals surface area (Å²) >= 11 is 3.37. The Balaban J connectivity index is 0.00000625. The van der Waals surface area contributed by atoms with Crippen LogP contribution in [-0.4, -0.2) is 51.8 Å². The molecule has 0 atom stereocenters. The van der Waals surface area contributed by atoms with Crippen molar-refractivity contribution < 1.29 is 9.53 Å². The lowest BCUT2D eigenvalue weighted by Gasteiger charge is -2.12. The van der Waals surface area contributed by atoms with Gasteiger partial charge in [0, 0.05) is 49.9 Å². The average Bonchev–Trinajstić information content (AvgIpc) is 2.62. The molecular formula is C18H30BrIN4O2. The number of amides is 1. The molecule has 0 radical (unpaired) electrons. The van der Waals surface area contributed by atoms with Crippen LogP contribution in [0.15, 0.2) is 33.7 Å². The van der Waals surface area contributed by atoms with Crippen molar-refractivity contribution in [1.82, 2.24) is 16.0 Å². The molecule has 3 N–H and O–H groups in total. The van der Waals surface area contributed by atoms with E-state index in [1.54, 1.807) is 13.1 Å². The van der Waals surface area contributed by atoms with Gasteiger partial charge in [-0.05, 0) is 44.4 Å². The van der Waals surface area contributed by atoms with E-state index in [1.165, 1.54) is 0 Å². The molecule has 0 aliphatic rings. The smallest absolute Gasteiger partial charge is 0.251 e. The van der Waals surface area contributed by atoms with Crippen molar-refractivity contribution in [3.63, 3.8) is 0 Å². The molecule has 0 fully saturated rings. The fourth-order valence-electron chi connectivity index (χ4n) is 2.13. The largest absolute Gasteiger partial charge is 0.382 e. The summed E-state index contributed by atoms with van der Waals surface area (Å²) in [7, 11) is 1.75. The number of carbonyl (C=O) groups excluding carboxylic acids is 1. The Labute approximate surface area is 182 Å². The number of hydrogen-bond acceptors (Lipinski definition) is 3. The normalized spacial score (nSPS) is 10.8. The number of rotatable bonds is 11. The molecule has 0 unspecified atom stereocenters. The molecule has 1 aromatic rings. The highest BCUT2D eigenvalue weighted by Crippen LogP contribution is 2.11. The van der Waals surface area contributed by atoms with Crippen molar-refractivity contribution >= 4 is 51.8 Å². The van der Waals surface area contributed by atoms with Crippen molar-refractivity contribution in [3.05, 3.63) is 34.3 Å². The molecule has 8 heteroatoms. The first-order chi connectivity index (χ1) is 12.2. The van der Waals surface area contributed by atoms with E-state index >= 15 is 0 Å². The fraction of sp³-hybridized carbons (Fsp3) is 0.556. The number of guanidine groups is 1. The van der Waals surface area contributed by atoms with Crippen LogP contribution in [0.3, 0.4) is 0 Å². The molecule has 0 heterocycles. The van der Waals surface area contributed by atoms with Crippen LogP contribution in [0, 0.1) is 0 Å². The van der Waals surface area contributed by atoms with Crippen LogP contribution in [0.5, 0.6) is 0 Å². The molecule has 0 bridgehead atoms. The minimum absolute atomic E-state index is 0. The van der Waals surface area contributed by atoms with Crippen LogP contribution in [-0.2, 0) is 4.74 Å². The number of aliphatic imine (C=N–C) groups is 1. The van der Waals surface area contributed by atoms with Crippen molar-refractivity contribution in [2.24, 2.45) is 4.99 Å². The lowest BCUT2D eigenvalue weighted by Crippen LogP contribution is -2.39. The number of carbonyl (C=O) groups is 1. The highest BCUT2D eigenvalue weighted by molar-refractivity contribution is 14.0. The van der Waals surface area contributed by atoms with E-state index in [4.69, 9.17) is 4.74 Å². The number of nitrogens with zero attached hydrogens (tertiary/aromatic N) is 1. The molecule has 0 aromatic heterocycles. The fourth-order valence-corrected chi connectivity index (χ4v) is 2.53. The molecule has 0 saturated carbocycles. The molecular weight excluding hydrogens is 511 g/mol. The molecule has 26 heavy (non-hydrogen) atoms. The Morgan fingerprint density at radius 2 is 1.81 bits per heavy atom. The second-order valence-electron chi connectivity index (χ2n) is 5.45. The molecule has 148 valence electrons. The standard InChI is InChI=1S/C18H29BrN4O2.HI/c1-3-25-13-5-4-10-22-18(20-2)23-12-7-11-21-17(24)15-8-6-9-16(19)14-15;/h6,8-9,14H,3-5,7,10-13H2,1-2H3,(H,21,24)(H2,20,22,23);1H. The van der Waals surface area contributed by atoms with Gasteiger partial charge >= 0.3 is 0 Å². The Morgan fingerprint density at radius 1 is 1.12 bits per heavy atom. The summed E-state index contributed by atoms with van der Waals surface area (Å²) in [5, 5.41) is 9.43. The van der Waals surface area contributed by atoms with Crippen LogP contribution in [0.1, 0.15) is 36.5 Å². The zero-order valence-electron chi connectivity index (χ0n) is 15.5. The Hall–Kier alpha value is -0.870. The number of nitrogens with one attached hydrogen (secondary N) is 3. The van der Waals surface area contributed by atoms with E-state index in [9.17, 15) is 4.79 Å². The van der Waals surface area contributed by atoms with Crippen LogP contribution in [0.25, 0.3) is 0 Å². The van der Waals surface area contributed by atoms with Crippen LogP contribution >= 0.6 is 39.9 Å². The summed E-state index contributed by atoms with van der Waals surface area (Å²) < 4.78 is 6.21. The number of halogens is 2. The predicted molar refractivity (Wildman–Crippen MR) is 122 cm³/mol. The monoisotopic (exact) mass is 540 g/mol. The Morgan fingerprint density at radius 3 is 2.46 bits per heavy atom. The van der Waals surface area contributed by atoms with Gasteiger partial charge in [-0.3, -0.25) is 9.79 Å². The van der Waals surface area contributed by atoms with Gasteiger partial charge in [-0.2, -0.15) is 0 Å². The third-order valence-electron chi connectivity index (χ3n) is 3.45. The number of hydrogen-bond donors (Lipinski definition) is 3. The second-order valence-corrected chi connectivity index (χ2v) is 6.37. The number of ether oxygens (including phenoxy) is 1. The van der Waals surface area contributed by atoms with Gasteiger partial charge in [-0.1, -0.05) is 22.0 Å². The molecule has 0 aliphatic carbocycles. The third kappa shape index (κ3) is 11.7. The van der Waals surface area contributed by atoms with Gasteiger partial charge in [0.15, 0.2) is 5.96 Å². The molecule has 1 amide bonds. The summed E-state index contributed by atoms with van der Waals surface area (Å²) in [5.74, 6) is 0.729. The van der Waals surface area contributed by atoms with E-state index in [0.717, 1.165) is 56.0 Å². The van der Waals surface area contributed by atoms with Gasteiger partial charge in [-0.25, -0.2) is 0 Å². The van der Waals surface area contributed by atoms with Crippen LogP contribution in [0.4, 0.5) is 0 Å². The molecule has 1 rings (SSSR count). The van der Waals surface area contributed by atoms with Crippen LogP contribution in [0.2, 0.25) is 0 Å². The summed E-state index contributed by atoms with van der Waals surface area (Å²) in [6.45, 7) is 5.81. The molecule has 0 aliphatic heterocycles. The quantitative estimate of drug-likeness (QED) is 0.174. The zero-order valence-corrected chi connectivity index (χ0v) is 19.4. The van der Waals surface area contributed by atoms with Crippen molar-refractivity contribution in [2.75, 3.05) is 39.9 Å². The third-order valence-corrected chi connectivity index (χ3v) is 3.95. The lowest BCUT2D eigenvalue weighted by atomic mass is 10.2. The summed E-state index contributed by atoms with van der Waals surface area (Å²) in [4.78, 5) is 16.2. The maximum absolute atomic E-state index is 12.0. The molecule has 1 aromatic carbocycles. The van der Waals surface area contributed by atoms with E-state index in [2.05, 4.69) is 36.9 Å². The van der Waals surface area contributed by atoms with E-state index < -0.39 is 0 Å². The highest BCUT2D eigenvalue weighted by atomic mass is 127. The maximum Gasteiger partial charge on any atom is 0.251 e. The van der Waals surface area contributed by atoms with Gasteiger partial charge in [0.05, 0.1) is 0 Å². The van der Waals surface area contributed by atoms with Crippen molar-refractivity contribution in [1.29, 1.82) is 0 Å². The number of benzene rings is 1. The average molecular weight is 541 g/mol. The first-order valence-corrected chi connectivity index (χ1v) is 9.52. The number of unbranched alkanes of at least 4 members (excludes halogenated alkanes) is 1. The second kappa shape index (κ2) is 16.3. The summed E-state index contributed by atoms with van der Waals surface area (Å²) in [6.07, 6.45) is 2.91. The van der Waals surface area contributed by atoms with E-state index in [-0.39, 0.29) is 29.9 Å². The van der Waals surface area contributed by atoms with Gasteiger partial charge in [0.1, 0.15) is 0 Å². The first-order valence-electron chi connectivity index (χ1n) is 8.73. The summed E-state index contributed by atoms with van der Waals surface area (Å²) in [6, 6.07) is 7.36. The van der Waals surface area contributed by atoms with Gasteiger partial charge in [-0.15, -0.1) is 24.0 Å². The maximum atomic E-state index is 12.0. The Bertz CT molecular complexity index is 544. The highest BCUT2D eigenvalue weighted by Gasteiger charge is 2.04. The van der Waals surface area contributed by atoms with E-state index in [0.29, 0.717) is 12.1 Å². The van der Waals surface area contributed by atoms with Crippen molar-refractivity contribution in [3.8, 4) is 0 Å². The van der Waals surface area contributed by atoms with Gasteiger partial charge < -0.3 is 20.7 Å². The first kappa shape index (κ1) is 25.1. The van der Waals surface area contributed by atoms with E-state index in [1.807, 2.05) is 25.1 Å². The topological polar surface area (TPSA) is 74.8 Å². The predicted octanol–water partition coefficient (Wildman–Crippen LogP) is 3.17. The molecule has 6 nitrogen and oxygen atoms in total. The molecule has 0 spiro atoms. The lowest BCUT2D eigenvalue weighted by molar-refractivity contribution is 0.0953. The minimum atomic E-state index is -0.0573. The minimum Gasteiger partial charge on any atom is -0.382 e. The summed E-state index contributed by atoms with van der Waals surface area (Å²) in [5.41, 5.74) is 0.659. The molecule has 0 saturated heterocycles.